The molecule has 0 saturated heterocycles. The Hall–Kier alpha value is -2.69. The molecule has 190 valence electrons. The summed E-state index contributed by atoms with van der Waals surface area (Å²) in [6.07, 6.45) is 7.40. The second kappa shape index (κ2) is 12.1. The fraction of sp³-hybridized carbons (Fsp3) is 0.625. The van der Waals surface area contributed by atoms with Gasteiger partial charge in [0.2, 0.25) is 0 Å². The molecule has 2 aliphatic carbocycles. The number of aliphatic hydroxyl groups is 1. The van der Waals surface area contributed by atoms with Gasteiger partial charge in [0, 0.05) is 24.1 Å². The van der Waals surface area contributed by atoms with Crippen molar-refractivity contribution >= 4 is 18.2 Å². The van der Waals surface area contributed by atoms with Gasteiger partial charge in [0.05, 0.1) is 5.60 Å². The standard InChI is InChI=1S/C22H35N3O3.C2H2O4/c1-21-10-8-17(12-16-4-6-19(26)7-5-16)13-22(21,27)11-9-18(21)14-25-28-20(24-3)15-23-2;3-1(4)2(5)6/h4-7,14,17-18,20,23-24,26-27H,8-13,15H2,1-3H3;(H,3,4)(H,5,6)/t17-,18-,20?,21-,22+;/m1./s1. The fourth-order valence-electron chi connectivity index (χ4n) is 5.12. The first-order valence-corrected chi connectivity index (χ1v) is 11.5. The molecule has 10 heteroatoms. The summed E-state index contributed by atoms with van der Waals surface area (Å²) in [4.78, 5) is 23.8. The van der Waals surface area contributed by atoms with Gasteiger partial charge >= 0.3 is 11.9 Å². The number of hydrogen-bond acceptors (Lipinski definition) is 8. The largest absolute Gasteiger partial charge is 0.508 e. The summed E-state index contributed by atoms with van der Waals surface area (Å²) in [5, 5.41) is 46.1. The number of nitrogens with zero attached hydrogens (tertiary/aromatic N) is 1. The average molecular weight is 480 g/mol. The lowest BCUT2D eigenvalue weighted by molar-refractivity contribution is -0.159. The Balaban J connectivity index is 0.000000604. The number of carboxylic acids is 2. The summed E-state index contributed by atoms with van der Waals surface area (Å²) < 4.78 is 0. The van der Waals surface area contributed by atoms with Crippen LogP contribution < -0.4 is 10.6 Å². The van der Waals surface area contributed by atoms with Crippen LogP contribution >= 0.6 is 0 Å². The first-order chi connectivity index (χ1) is 16.0. The van der Waals surface area contributed by atoms with Crippen LogP contribution in [-0.4, -0.2) is 71.0 Å². The normalized spacial score (nSPS) is 29.1. The number of rotatable bonds is 8. The van der Waals surface area contributed by atoms with Crippen LogP contribution in [0.15, 0.2) is 29.4 Å². The molecule has 1 unspecified atom stereocenters. The van der Waals surface area contributed by atoms with E-state index in [-0.39, 0.29) is 17.6 Å². The lowest BCUT2D eigenvalue weighted by Crippen LogP contribution is -2.50. The van der Waals surface area contributed by atoms with Gasteiger partial charge in [-0.1, -0.05) is 24.2 Å². The van der Waals surface area contributed by atoms with Gasteiger partial charge in [-0.05, 0) is 76.2 Å². The Kier molecular flexibility index (Phi) is 9.84. The predicted molar refractivity (Wildman–Crippen MR) is 127 cm³/mol. The number of oxime groups is 1. The van der Waals surface area contributed by atoms with Crippen LogP contribution in [0.1, 0.15) is 44.6 Å². The van der Waals surface area contributed by atoms with Crippen LogP contribution in [-0.2, 0) is 20.8 Å². The monoisotopic (exact) mass is 479 g/mol. The summed E-state index contributed by atoms with van der Waals surface area (Å²) in [5.41, 5.74) is 0.433. The number of nitrogens with one attached hydrogen (secondary N) is 2. The highest BCUT2D eigenvalue weighted by Gasteiger charge is 2.58. The molecule has 5 atom stereocenters. The third kappa shape index (κ3) is 6.91. The molecule has 1 aromatic carbocycles. The molecule has 2 saturated carbocycles. The van der Waals surface area contributed by atoms with Crippen LogP contribution in [0.5, 0.6) is 5.75 Å². The maximum absolute atomic E-state index is 11.5. The molecule has 0 aliphatic heterocycles. The maximum atomic E-state index is 11.5. The van der Waals surface area contributed by atoms with E-state index in [2.05, 4.69) is 22.7 Å². The molecule has 2 fully saturated rings. The zero-order valence-electron chi connectivity index (χ0n) is 20.0. The minimum Gasteiger partial charge on any atom is -0.508 e. The SMILES string of the molecule is CNCC(NC)ON=C[C@H]1CC[C@]2(O)C[C@@H](Cc3ccc(O)cc3)CC[C@]12C.O=C(O)C(=O)O. The van der Waals surface area contributed by atoms with Crippen molar-refractivity contribution in [1.29, 1.82) is 0 Å². The van der Waals surface area contributed by atoms with E-state index in [4.69, 9.17) is 24.6 Å². The van der Waals surface area contributed by atoms with Gasteiger partial charge in [-0.3, -0.25) is 5.32 Å². The van der Waals surface area contributed by atoms with Crippen molar-refractivity contribution < 1.29 is 34.9 Å². The number of hydrogen-bond donors (Lipinski definition) is 6. The average Bonchev–Trinajstić information content (AvgIpc) is 3.05. The van der Waals surface area contributed by atoms with Gasteiger partial charge in [0.15, 0.2) is 6.23 Å². The number of phenolic OH excluding ortho intramolecular Hbond substituents is 1. The molecular weight excluding hydrogens is 442 g/mol. The van der Waals surface area contributed by atoms with Gasteiger partial charge in [-0.2, -0.15) is 0 Å². The summed E-state index contributed by atoms with van der Waals surface area (Å²) in [5.74, 6) is -2.64. The van der Waals surface area contributed by atoms with Gasteiger partial charge in [0.1, 0.15) is 5.75 Å². The van der Waals surface area contributed by atoms with E-state index in [0.717, 1.165) is 38.5 Å². The number of aromatic hydroxyl groups is 1. The van der Waals surface area contributed by atoms with Gasteiger partial charge in [-0.15, -0.1) is 0 Å². The van der Waals surface area contributed by atoms with Gasteiger partial charge < -0.3 is 30.6 Å². The lowest BCUT2D eigenvalue weighted by Gasteiger charge is -2.48. The van der Waals surface area contributed by atoms with Crippen LogP contribution in [0.25, 0.3) is 0 Å². The Morgan fingerprint density at radius 1 is 1.18 bits per heavy atom. The van der Waals surface area contributed by atoms with E-state index in [9.17, 15) is 10.2 Å². The maximum Gasteiger partial charge on any atom is 0.414 e. The number of benzene rings is 1. The highest BCUT2D eigenvalue weighted by atomic mass is 16.6. The summed E-state index contributed by atoms with van der Waals surface area (Å²) in [6, 6.07) is 7.45. The molecule has 0 amide bonds. The molecule has 3 rings (SSSR count). The molecule has 2 aliphatic rings. The van der Waals surface area contributed by atoms with Crippen molar-refractivity contribution in [3.05, 3.63) is 29.8 Å². The van der Waals surface area contributed by atoms with Crippen LogP contribution in [0.4, 0.5) is 0 Å². The molecular formula is C24H37N3O7. The topological polar surface area (TPSA) is 161 Å². The van der Waals surface area contributed by atoms with Gasteiger partial charge in [0.25, 0.3) is 0 Å². The minimum absolute atomic E-state index is 0.149. The first kappa shape index (κ1) is 27.6. The predicted octanol–water partition coefficient (Wildman–Crippen LogP) is 1.81. The summed E-state index contributed by atoms with van der Waals surface area (Å²) in [6.45, 7) is 2.90. The van der Waals surface area contributed by atoms with Crippen molar-refractivity contribution in [3.8, 4) is 5.75 Å². The fourth-order valence-corrected chi connectivity index (χ4v) is 5.12. The van der Waals surface area contributed by atoms with Crippen molar-refractivity contribution in [3.63, 3.8) is 0 Å². The molecule has 6 N–H and O–H groups in total. The molecule has 1 aromatic rings. The molecule has 0 aromatic heterocycles. The molecule has 34 heavy (non-hydrogen) atoms. The molecule has 10 nitrogen and oxygen atoms in total. The van der Waals surface area contributed by atoms with Crippen LogP contribution in [0.2, 0.25) is 0 Å². The summed E-state index contributed by atoms with van der Waals surface area (Å²) in [7, 11) is 3.73. The van der Waals surface area contributed by atoms with E-state index in [0.29, 0.717) is 18.2 Å². The third-order valence-electron chi connectivity index (χ3n) is 7.23. The van der Waals surface area contributed by atoms with Gasteiger partial charge in [-0.25, -0.2) is 9.59 Å². The zero-order valence-corrected chi connectivity index (χ0v) is 20.0. The van der Waals surface area contributed by atoms with Crippen LogP contribution in [0, 0.1) is 17.3 Å². The zero-order chi connectivity index (χ0) is 25.4. The van der Waals surface area contributed by atoms with E-state index in [1.165, 1.54) is 5.56 Å². The van der Waals surface area contributed by atoms with Crippen molar-refractivity contribution in [2.45, 2.75) is 57.3 Å². The number of likely N-dealkylation sites (N-methyl/N-ethyl adjacent to an activating group) is 2. The number of carboxylic acid groups (broad SMARTS) is 2. The van der Waals surface area contributed by atoms with E-state index in [1.54, 1.807) is 12.1 Å². The molecule has 0 radical (unpaired) electrons. The summed E-state index contributed by atoms with van der Waals surface area (Å²) >= 11 is 0. The van der Waals surface area contributed by atoms with E-state index < -0.39 is 17.5 Å². The van der Waals surface area contributed by atoms with E-state index in [1.807, 2.05) is 32.4 Å². The second-order valence-corrected chi connectivity index (χ2v) is 9.38. The third-order valence-corrected chi connectivity index (χ3v) is 7.23. The number of fused-ring (bicyclic) bond motifs is 1. The molecule has 0 bridgehead atoms. The quantitative estimate of drug-likeness (QED) is 0.141. The Labute approximate surface area is 200 Å². The Morgan fingerprint density at radius 3 is 2.38 bits per heavy atom. The number of phenols is 1. The second-order valence-electron chi connectivity index (χ2n) is 9.38. The Bertz CT molecular complexity index is 835. The van der Waals surface area contributed by atoms with Crippen molar-refractivity contribution in [2.75, 3.05) is 20.6 Å². The van der Waals surface area contributed by atoms with Crippen molar-refractivity contribution in [1.82, 2.24) is 10.6 Å². The highest BCUT2D eigenvalue weighted by Crippen LogP contribution is 2.59. The van der Waals surface area contributed by atoms with Crippen LogP contribution in [0.3, 0.4) is 0 Å². The first-order valence-electron chi connectivity index (χ1n) is 11.5. The molecule has 0 heterocycles. The minimum atomic E-state index is -1.82. The van der Waals surface area contributed by atoms with E-state index >= 15 is 0 Å². The van der Waals surface area contributed by atoms with Crippen molar-refractivity contribution in [2.24, 2.45) is 22.4 Å². The highest BCUT2D eigenvalue weighted by molar-refractivity contribution is 6.27. The smallest absolute Gasteiger partial charge is 0.414 e. The lowest BCUT2D eigenvalue weighted by atomic mass is 9.59. The Morgan fingerprint density at radius 2 is 1.82 bits per heavy atom. The number of aliphatic carboxylic acids is 2. The number of carbonyl (C=O) groups is 2. The molecule has 0 spiro atoms.